The molecule has 1 heterocycles. The quantitative estimate of drug-likeness (QED) is 0.796. The summed E-state index contributed by atoms with van der Waals surface area (Å²) in [5, 5.41) is 8.93. The lowest BCUT2D eigenvalue weighted by Crippen LogP contribution is -1.87. The van der Waals surface area contributed by atoms with Gasteiger partial charge in [-0.2, -0.15) is 0 Å². The van der Waals surface area contributed by atoms with Crippen molar-refractivity contribution in [1.29, 1.82) is 0 Å². The Morgan fingerprint density at radius 2 is 2.33 bits per heavy atom. The molecule has 0 radical (unpaired) electrons. The number of aliphatic hydroxyl groups is 1. The van der Waals surface area contributed by atoms with Gasteiger partial charge in [-0.1, -0.05) is 0 Å². The molecule has 3 heteroatoms. The SMILES string of the molecule is OCc1cc(Br)c2c(c1)CCO2. The van der Waals surface area contributed by atoms with Crippen molar-refractivity contribution < 1.29 is 9.84 Å². The summed E-state index contributed by atoms with van der Waals surface area (Å²) < 4.78 is 6.35. The van der Waals surface area contributed by atoms with Gasteiger partial charge in [0.1, 0.15) is 5.75 Å². The minimum Gasteiger partial charge on any atom is -0.492 e. The predicted octanol–water partition coefficient (Wildman–Crippen LogP) is 1.88. The molecule has 0 spiro atoms. The van der Waals surface area contributed by atoms with Crippen LogP contribution in [-0.2, 0) is 13.0 Å². The molecule has 64 valence electrons. The predicted molar refractivity (Wildman–Crippen MR) is 49.3 cm³/mol. The first-order valence-corrected chi connectivity index (χ1v) is 4.65. The standard InChI is InChI=1S/C9H9BrO2/c10-8-4-6(5-11)3-7-1-2-12-9(7)8/h3-4,11H,1-2,5H2. The second-order valence-electron chi connectivity index (χ2n) is 2.82. The molecule has 0 amide bonds. The van der Waals surface area contributed by atoms with E-state index in [0.29, 0.717) is 0 Å². The maximum atomic E-state index is 8.93. The van der Waals surface area contributed by atoms with Crippen LogP contribution in [0.25, 0.3) is 0 Å². The van der Waals surface area contributed by atoms with Crippen molar-refractivity contribution in [1.82, 2.24) is 0 Å². The van der Waals surface area contributed by atoms with Gasteiger partial charge in [0.15, 0.2) is 0 Å². The van der Waals surface area contributed by atoms with E-state index in [4.69, 9.17) is 9.84 Å². The second kappa shape index (κ2) is 3.07. The molecule has 0 bridgehead atoms. The molecule has 1 aromatic carbocycles. The fraction of sp³-hybridized carbons (Fsp3) is 0.333. The first-order valence-electron chi connectivity index (χ1n) is 3.86. The van der Waals surface area contributed by atoms with Crippen LogP contribution in [-0.4, -0.2) is 11.7 Å². The molecule has 1 aromatic rings. The number of fused-ring (bicyclic) bond motifs is 1. The third kappa shape index (κ3) is 1.23. The van der Waals surface area contributed by atoms with Gasteiger partial charge in [0.25, 0.3) is 0 Å². The highest BCUT2D eigenvalue weighted by Crippen LogP contribution is 2.34. The Hall–Kier alpha value is -0.540. The molecule has 0 unspecified atom stereocenters. The summed E-state index contributed by atoms with van der Waals surface area (Å²) in [6.07, 6.45) is 0.946. The molecule has 2 nitrogen and oxygen atoms in total. The van der Waals surface area contributed by atoms with Crippen LogP contribution in [0.5, 0.6) is 5.75 Å². The molecule has 0 saturated heterocycles. The van der Waals surface area contributed by atoms with Crippen LogP contribution in [0.1, 0.15) is 11.1 Å². The summed E-state index contributed by atoms with van der Waals surface area (Å²) in [6, 6.07) is 3.89. The van der Waals surface area contributed by atoms with Crippen LogP contribution in [0, 0.1) is 0 Å². The highest BCUT2D eigenvalue weighted by molar-refractivity contribution is 9.10. The fourth-order valence-electron chi connectivity index (χ4n) is 1.41. The number of ether oxygens (including phenoxy) is 1. The molecule has 0 saturated carbocycles. The summed E-state index contributed by atoms with van der Waals surface area (Å²) in [4.78, 5) is 0. The van der Waals surface area contributed by atoms with E-state index in [-0.39, 0.29) is 6.61 Å². The highest BCUT2D eigenvalue weighted by Gasteiger charge is 2.15. The third-order valence-corrected chi connectivity index (χ3v) is 2.57. The number of aliphatic hydroxyl groups excluding tert-OH is 1. The average Bonchev–Trinajstić information content (AvgIpc) is 2.52. The smallest absolute Gasteiger partial charge is 0.136 e. The Morgan fingerprint density at radius 3 is 3.08 bits per heavy atom. The first kappa shape index (κ1) is 8.08. The van der Waals surface area contributed by atoms with E-state index in [0.717, 1.165) is 28.8 Å². The van der Waals surface area contributed by atoms with Crippen molar-refractivity contribution in [3.05, 3.63) is 27.7 Å². The van der Waals surface area contributed by atoms with E-state index in [2.05, 4.69) is 15.9 Å². The summed E-state index contributed by atoms with van der Waals surface area (Å²) >= 11 is 3.40. The topological polar surface area (TPSA) is 29.5 Å². The average molecular weight is 229 g/mol. The Balaban J connectivity index is 2.51. The van der Waals surface area contributed by atoms with Crippen LogP contribution in [0.4, 0.5) is 0 Å². The van der Waals surface area contributed by atoms with Crippen molar-refractivity contribution in [2.75, 3.05) is 6.61 Å². The van der Waals surface area contributed by atoms with Crippen molar-refractivity contribution in [2.24, 2.45) is 0 Å². The van der Waals surface area contributed by atoms with Crippen molar-refractivity contribution >= 4 is 15.9 Å². The molecule has 2 rings (SSSR count). The Labute approximate surface area is 79.3 Å². The minimum absolute atomic E-state index is 0.0892. The molecule has 0 aliphatic carbocycles. The Bertz CT molecular complexity index is 310. The van der Waals surface area contributed by atoms with Crippen LogP contribution in [0.15, 0.2) is 16.6 Å². The Kier molecular flexibility index (Phi) is 2.07. The van der Waals surface area contributed by atoms with E-state index >= 15 is 0 Å². The monoisotopic (exact) mass is 228 g/mol. The molecular formula is C9H9BrO2. The highest BCUT2D eigenvalue weighted by atomic mass is 79.9. The maximum absolute atomic E-state index is 8.93. The lowest BCUT2D eigenvalue weighted by molar-refractivity contribution is 0.281. The van der Waals surface area contributed by atoms with Gasteiger partial charge in [-0.3, -0.25) is 0 Å². The van der Waals surface area contributed by atoms with E-state index in [1.54, 1.807) is 0 Å². The first-order chi connectivity index (χ1) is 5.81. The molecular weight excluding hydrogens is 220 g/mol. The zero-order valence-electron chi connectivity index (χ0n) is 6.51. The van der Waals surface area contributed by atoms with Gasteiger partial charge >= 0.3 is 0 Å². The zero-order valence-corrected chi connectivity index (χ0v) is 8.10. The molecule has 0 atom stereocenters. The molecule has 1 aliphatic rings. The van der Waals surface area contributed by atoms with E-state index in [1.807, 2.05) is 12.1 Å². The van der Waals surface area contributed by atoms with Gasteiger partial charge in [-0.05, 0) is 39.2 Å². The molecule has 12 heavy (non-hydrogen) atoms. The van der Waals surface area contributed by atoms with Gasteiger partial charge in [0, 0.05) is 6.42 Å². The second-order valence-corrected chi connectivity index (χ2v) is 3.68. The fourth-order valence-corrected chi connectivity index (χ4v) is 2.08. The minimum atomic E-state index is 0.0892. The van der Waals surface area contributed by atoms with Crippen LogP contribution in [0.3, 0.4) is 0 Å². The summed E-state index contributed by atoms with van der Waals surface area (Å²) in [5.74, 6) is 0.937. The molecule has 1 N–H and O–H groups in total. The van der Waals surface area contributed by atoms with Crippen LogP contribution >= 0.6 is 15.9 Å². The number of benzene rings is 1. The summed E-state index contributed by atoms with van der Waals surface area (Å²) in [7, 11) is 0. The third-order valence-electron chi connectivity index (χ3n) is 1.98. The van der Waals surface area contributed by atoms with Gasteiger partial charge in [-0.15, -0.1) is 0 Å². The normalized spacial score (nSPS) is 14.2. The van der Waals surface area contributed by atoms with E-state index < -0.39 is 0 Å². The van der Waals surface area contributed by atoms with Gasteiger partial charge < -0.3 is 9.84 Å². The van der Waals surface area contributed by atoms with E-state index in [1.165, 1.54) is 5.56 Å². The van der Waals surface area contributed by atoms with Gasteiger partial charge in [-0.25, -0.2) is 0 Å². The van der Waals surface area contributed by atoms with Crippen molar-refractivity contribution in [3.8, 4) is 5.75 Å². The Morgan fingerprint density at radius 1 is 1.50 bits per heavy atom. The number of halogens is 1. The van der Waals surface area contributed by atoms with Crippen LogP contribution in [0.2, 0.25) is 0 Å². The van der Waals surface area contributed by atoms with Crippen molar-refractivity contribution in [2.45, 2.75) is 13.0 Å². The number of hydrogen-bond acceptors (Lipinski definition) is 2. The van der Waals surface area contributed by atoms with E-state index in [9.17, 15) is 0 Å². The number of rotatable bonds is 1. The summed E-state index contributed by atoms with van der Waals surface area (Å²) in [6.45, 7) is 0.842. The van der Waals surface area contributed by atoms with Gasteiger partial charge in [0.2, 0.25) is 0 Å². The maximum Gasteiger partial charge on any atom is 0.136 e. The molecule has 0 fully saturated rings. The zero-order chi connectivity index (χ0) is 8.55. The van der Waals surface area contributed by atoms with Crippen molar-refractivity contribution in [3.63, 3.8) is 0 Å². The van der Waals surface area contributed by atoms with Gasteiger partial charge in [0.05, 0.1) is 17.7 Å². The summed E-state index contributed by atoms with van der Waals surface area (Å²) in [5.41, 5.74) is 2.12. The molecule has 0 aromatic heterocycles. The lowest BCUT2D eigenvalue weighted by Gasteiger charge is -2.04. The lowest BCUT2D eigenvalue weighted by atomic mass is 10.1. The van der Waals surface area contributed by atoms with Crippen LogP contribution < -0.4 is 4.74 Å². The molecule has 1 aliphatic heterocycles. The largest absolute Gasteiger partial charge is 0.492 e. The number of hydrogen-bond donors (Lipinski definition) is 1.